The first-order valence-corrected chi connectivity index (χ1v) is 27.0. The van der Waals surface area contributed by atoms with Crippen LogP contribution in [-0.2, 0) is 75.3 Å². The topological polar surface area (TPSA) is 352 Å². The molecule has 0 aromatic heterocycles. The lowest BCUT2D eigenvalue weighted by Crippen LogP contribution is -2.66. The first-order chi connectivity index (χ1) is 35.9. The van der Waals surface area contributed by atoms with Crippen LogP contribution in [0.25, 0.3) is 0 Å². The zero-order valence-corrected chi connectivity index (χ0v) is 45.0. The molecule has 422 valence electrons. The van der Waals surface area contributed by atoms with Crippen molar-refractivity contribution in [2.45, 2.75) is 160 Å². The fraction of sp³-hybridized carbons (Fsp3) is 0.608. The van der Waals surface area contributed by atoms with Crippen molar-refractivity contribution in [1.82, 2.24) is 36.4 Å². The van der Waals surface area contributed by atoms with Crippen LogP contribution in [0.15, 0.2) is 54.6 Å². The lowest BCUT2D eigenvalue weighted by Gasteiger charge is -2.44. The second kappa shape index (κ2) is 29.3. The van der Waals surface area contributed by atoms with Crippen molar-refractivity contribution in [3.63, 3.8) is 0 Å². The molecular formula is C51H76N8O16S. The summed E-state index contributed by atoms with van der Waals surface area (Å²) in [4.78, 5) is 119. The number of amides is 7. The van der Waals surface area contributed by atoms with E-state index >= 15 is 0 Å². The quantitative estimate of drug-likeness (QED) is 0.0456. The average Bonchev–Trinajstić information content (AvgIpc) is 3.38. The number of phenolic OH excluding ortho intramolecular Hbond substituents is 1. The van der Waals surface area contributed by atoms with Crippen molar-refractivity contribution < 1.29 is 75.2 Å². The van der Waals surface area contributed by atoms with Crippen LogP contribution in [0.2, 0.25) is 0 Å². The van der Waals surface area contributed by atoms with E-state index in [2.05, 4.69) is 30.8 Å². The maximum Gasteiger partial charge on any atom is 0.397 e. The Morgan fingerprint density at radius 2 is 1.53 bits per heavy atom. The molecule has 2 aromatic carbocycles. The van der Waals surface area contributed by atoms with Crippen LogP contribution >= 0.6 is 0 Å². The van der Waals surface area contributed by atoms with Gasteiger partial charge in [0.25, 0.3) is 5.91 Å². The summed E-state index contributed by atoms with van der Waals surface area (Å²) in [5.74, 6) is -8.62. The largest absolute Gasteiger partial charge is 0.508 e. The molecule has 2 aliphatic heterocycles. The molecule has 0 aliphatic carbocycles. The molecule has 0 radical (unpaired) electrons. The molecule has 7 amide bonds. The van der Waals surface area contributed by atoms with Crippen LogP contribution in [0.1, 0.15) is 97.1 Å². The summed E-state index contributed by atoms with van der Waals surface area (Å²) in [5.41, 5.74) is 7.03. The number of nitrogens with two attached hydrogens (primary N) is 1. The van der Waals surface area contributed by atoms with Crippen molar-refractivity contribution in [2.24, 2.45) is 17.6 Å². The fourth-order valence-corrected chi connectivity index (χ4v) is 9.22. The molecule has 4 rings (SSSR count). The Labute approximate surface area is 443 Å². The van der Waals surface area contributed by atoms with Crippen LogP contribution in [0.4, 0.5) is 0 Å². The minimum atomic E-state index is -5.04. The molecule has 12 unspecified atom stereocenters. The van der Waals surface area contributed by atoms with Crippen molar-refractivity contribution in [1.29, 1.82) is 0 Å². The Kier molecular flexibility index (Phi) is 24.0. The number of hydrogen-bond acceptors (Lipinski definition) is 16. The van der Waals surface area contributed by atoms with E-state index in [4.69, 9.17) is 19.8 Å². The van der Waals surface area contributed by atoms with Gasteiger partial charge in [-0.3, -0.25) is 38.1 Å². The molecule has 2 saturated heterocycles. The number of cyclic esters (lactones) is 1. The fourth-order valence-electron chi connectivity index (χ4n) is 8.92. The first kappa shape index (κ1) is 62.3. The normalized spacial score (nSPS) is 25.0. The summed E-state index contributed by atoms with van der Waals surface area (Å²) in [7, 11) is -2.60. The number of aliphatic hydroxyl groups is 1. The molecule has 12 atom stereocenters. The monoisotopic (exact) mass is 1090 g/mol. The second-order valence-electron chi connectivity index (χ2n) is 19.4. The van der Waals surface area contributed by atoms with Gasteiger partial charge in [0.05, 0.1) is 0 Å². The van der Waals surface area contributed by atoms with Gasteiger partial charge < -0.3 is 61.8 Å². The highest BCUT2D eigenvalue weighted by molar-refractivity contribution is 7.80. The number of aromatic hydroxyl groups is 1. The third-order valence-corrected chi connectivity index (χ3v) is 14.4. The van der Waals surface area contributed by atoms with Crippen molar-refractivity contribution in [3.05, 3.63) is 65.7 Å². The van der Waals surface area contributed by atoms with Gasteiger partial charge in [-0.15, -0.1) is 0 Å². The van der Waals surface area contributed by atoms with E-state index in [0.29, 0.717) is 30.4 Å². The van der Waals surface area contributed by atoms with E-state index in [9.17, 15) is 57.0 Å². The number of benzene rings is 2. The van der Waals surface area contributed by atoms with Gasteiger partial charge >= 0.3 is 16.4 Å². The zero-order valence-electron chi connectivity index (χ0n) is 44.1. The van der Waals surface area contributed by atoms with Crippen LogP contribution in [0.3, 0.4) is 0 Å². The van der Waals surface area contributed by atoms with Gasteiger partial charge in [0.1, 0.15) is 67.0 Å². The summed E-state index contributed by atoms with van der Waals surface area (Å²) in [5, 5.41) is 34.5. The van der Waals surface area contributed by atoms with Gasteiger partial charge in [-0.1, -0.05) is 83.0 Å². The summed E-state index contributed by atoms with van der Waals surface area (Å²) in [6, 6.07) is 4.44. The van der Waals surface area contributed by atoms with Crippen molar-refractivity contribution >= 4 is 57.7 Å². The van der Waals surface area contributed by atoms with Gasteiger partial charge in [0.15, 0.2) is 6.10 Å². The zero-order chi connectivity index (χ0) is 56.4. The number of likely N-dealkylation sites (N-methyl/N-ethyl adjacent to an activating group) is 1. The number of phenols is 1. The standard InChI is InChI=1S/C51H76N8O16S/c1-8-29(3)41-51(69)75-31(5)42(57-45(63)36(23-20-32-18-21-34(60)22-19-32)53-47(65)39(73-7)28-74-76(70,71)72)48(66)54-35(17-13-14-26-52)44(62)55-37-24-25-40(61)59(49(37)67)43(30(4)9-2)50(68)58(6)38(46(64)56-41)27-33-15-11-10-12-16-33/h10-12,15-16,18-19,21-22,29-31,35-43,60-61H,8-9,13-14,17,20,23-28,52H2,1-7H3,(H,53,65)(H,54,66)(H,55,62)(H,56,64)(H,57,63)(H,70,71,72). The number of nitrogens with one attached hydrogen (secondary N) is 5. The molecule has 25 heteroatoms. The Morgan fingerprint density at radius 1 is 0.868 bits per heavy atom. The molecule has 2 aromatic rings. The van der Waals surface area contributed by atoms with Crippen LogP contribution in [-0.4, -0.2) is 168 Å². The molecule has 24 nitrogen and oxygen atoms in total. The maximum absolute atomic E-state index is 15.0. The predicted octanol–water partition coefficient (Wildman–Crippen LogP) is 0.129. The summed E-state index contributed by atoms with van der Waals surface area (Å²) < 4.78 is 47.3. The van der Waals surface area contributed by atoms with Gasteiger partial charge in [0.2, 0.25) is 35.4 Å². The van der Waals surface area contributed by atoms with Crippen LogP contribution < -0.4 is 32.3 Å². The van der Waals surface area contributed by atoms with E-state index in [1.54, 1.807) is 70.2 Å². The maximum atomic E-state index is 15.0. The molecule has 2 fully saturated rings. The number of nitrogens with zero attached hydrogens (tertiary/aromatic N) is 2. The number of unbranched alkanes of at least 4 members (excludes halogenated alkanes) is 1. The first-order valence-electron chi connectivity index (χ1n) is 25.6. The Hall–Kier alpha value is -6.25. The third kappa shape index (κ3) is 17.7. The minimum absolute atomic E-state index is 0.0457. The van der Waals surface area contributed by atoms with E-state index in [1.807, 2.05) is 0 Å². The van der Waals surface area contributed by atoms with E-state index in [-0.39, 0.29) is 57.2 Å². The number of esters is 1. The molecule has 2 bridgehead atoms. The molecule has 76 heavy (non-hydrogen) atoms. The van der Waals surface area contributed by atoms with Gasteiger partial charge in [-0.2, -0.15) is 8.42 Å². The molecular weight excluding hydrogens is 1010 g/mol. The van der Waals surface area contributed by atoms with Crippen LogP contribution in [0.5, 0.6) is 5.75 Å². The number of carbonyl (C=O) groups is 8. The molecule has 2 aliphatic rings. The Morgan fingerprint density at radius 3 is 2.13 bits per heavy atom. The second-order valence-corrected chi connectivity index (χ2v) is 20.5. The minimum Gasteiger partial charge on any atom is -0.508 e. The Balaban J connectivity index is 1.87. The number of carbonyl (C=O) groups excluding carboxylic acids is 8. The number of rotatable bonds is 21. The molecule has 2 heterocycles. The van der Waals surface area contributed by atoms with Gasteiger partial charge in [0, 0.05) is 20.6 Å². The van der Waals surface area contributed by atoms with Crippen molar-refractivity contribution in [2.75, 3.05) is 27.3 Å². The SMILES string of the molecule is CCC(C)C1NC(=O)C(Cc2ccccc2)N(C)C(=O)C(C(C)CC)N2C(=O)C(CCC2O)NC(=O)C(CCCCN)NC(=O)C(NC(=O)C(CCc2ccc(O)cc2)NC(=O)C(COS(=O)(=O)O)OC)C(C)OC1=O. The van der Waals surface area contributed by atoms with Gasteiger partial charge in [-0.25, -0.2) is 8.98 Å². The van der Waals surface area contributed by atoms with E-state index < -0.39 is 137 Å². The highest BCUT2D eigenvalue weighted by Gasteiger charge is 2.47. The number of aryl methyl sites for hydroxylation is 1. The van der Waals surface area contributed by atoms with E-state index in [1.165, 1.54) is 31.0 Å². The highest BCUT2D eigenvalue weighted by atomic mass is 32.3. The highest BCUT2D eigenvalue weighted by Crippen LogP contribution is 2.28. The molecule has 10 N–H and O–H groups in total. The third-order valence-electron chi connectivity index (χ3n) is 14.0. The summed E-state index contributed by atoms with van der Waals surface area (Å²) in [6.07, 6.45) is -3.80. The predicted molar refractivity (Wildman–Crippen MR) is 274 cm³/mol. The molecule has 0 spiro atoms. The molecule has 0 saturated carbocycles. The number of fused-ring (bicyclic) bond motifs is 2. The number of piperidine rings is 1. The average molecular weight is 1090 g/mol. The number of methoxy groups -OCH3 is 1. The van der Waals surface area contributed by atoms with Gasteiger partial charge in [-0.05, 0) is 93.5 Å². The summed E-state index contributed by atoms with van der Waals surface area (Å²) in [6.45, 7) is 7.43. The van der Waals surface area contributed by atoms with E-state index in [0.717, 1.165) is 12.0 Å². The lowest BCUT2D eigenvalue weighted by molar-refractivity contribution is -0.168. The van der Waals surface area contributed by atoms with Crippen molar-refractivity contribution in [3.8, 4) is 5.75 Å². The van der Waals surface area contributed by atoms with Crippen LogP contribution in [0, 0.1) is 11.8 Å². The number of ether oxygens (including phenoxy) is 2. The Bertz CT molecular complexity index is 2420. The number of aliphatic hydroxyl groups excluding tert-OH is 1. The summed E-state index contributed by atoms with van der Waals surface area (Å²) >= 11 is 0. The number of hydrogen-bond donors (Lipinski definition) is 9. The lowest BCUT2D eigenvalue weighted by atomic mass is 9.91. The smallest absolute Gasteiger partial charge is 0.397 e.